The molecular weight excluding hydrogens is 314 g/mol. The van der Waals surface area contributed by atoms with E-state index >= 15 is 0 Å². The summed E-state index contributed by atoms with van der Waals surface area (Å²) in [6, 6.07) is 16.6. The zero-order chi connectivity index (χ0) is 18.2. The van der Waals surface area contributed by atoms with Crippen LogP contribution in [0.4, 0.5) is 0 Å². The molecular formula is C20H25N3O2. The summed E-state index contributed by atoms with van der Waals surface area (Å²) in [5.74, 6) is -0.192. The van der Waals surface area contributed by atoms with Gasteiger partial charge in [0.25, 0.3) is 5.91 Å². The highest BCUT2D eigenvalue weighted by molar-refractivity contribution is 5.94. The number of carbonyl (C=O) groups excluding carboxylic acids is 2. The average Bonchev–Trinajstić information content (AvgIpc) is 2.61. The van der Waals surface area contributed by atoms with Crippen molar-refractivity contribution in [3.63, 3.8) is 0 Å². The molecule has 0 aliphatic rings. The number of rotatable bonds is 7. The molecule has 0 aromatic heterocycles. The van der Waals surface area contributed by atoms with Gasteiger partial charge in [-0.05, 0) is 37.1 Å². The molecule has 0 bridgehead atoms. The van der Waals surface area contributed by atoms with Gasteiger partial charge in [0.15, 0.2) is 0 Å². The fourth-order valence-corrected chi connectivity index (χ4v) is 2.56. The second-order valence-corrected chi connectivity index (χ2v) is 6.17. The molecule has 0 aliphatic carbocycles. The zero-order valence-corrected chi connectivity index (χ0v) is 14.9. The van der Waals surface area contributed by atoms with Crippen molar-refractivity contribution in [2.75, 3.05) is 7.05 Å². The van der Waals surface area contributed by atoms with Crippen molar-refractivity contribution >= 4 is 11.8 Å². The van der Waals surface area contributed by atoms with Gasteiger partial charge in [0.05, 0.1) is 0 Å². The molecule has 2 aromatic rings. The molecule has 0 unspecified atom stereocenters. The smallest absolute Gasteiger partial charge is 0.251 e. The Hall–Kier alpha value is -2.66. The largest absolute Gasteiger partial charge is 0.355 e. The minimum Gasteiger partial charge on any atom is -0.355 e. The van der Waals surface area contributed by atoms with Gasteiger partial charge in [0, 0.05) is 25.2 Å². The molecule has 132 valence electrons. The fourth-order valence-electron chi connectivity index (χ4n) is 2.56. The molecule has 0 radical (unpaired) electrons. The van der Waals surface area contributed by atoms with Crippen LogP contribution in [0.2, 0.25) is 0 Å². The lowest BCUT2D eigenvalue weighted by atomic mass is 10.0. The van der Waals surface area contributed by atoms with E-state index in [2.05, 4.69) is 16.0 Å². The Balaban J connectivity index is 2.15. The first-order valence-corrected chi connectivity index (χ1v) is 8.41. The highest BCUT2D eigenvalue weighted by Gasteiger charge is 2.20. The Morgan fingerprint density at radius 3 is 2.36 bits per heavy atom. The lowest BCUT2D eigenvalue weighted by Crippen LogP contribution is -2.40. The molecule has 0 saturated carbocycles. The van der Waals surface area contributed by atoms with Gasteiger partial charge < -0.3 is 10.6 Å². The molecule has 0 heterocycles. The van der Waals surface area contributed by atoms with Crippen molar-refractivity contribution in [1.82, 2.24) is 16.0 Å². The first-order chi connectivity index (χ1) is 12.0. The maximum Gasteiger partial charge on any atom is 0.251 e. The summed E-state index contributed by atoms with van der Waals surface area (Å²) in [6.07, 6.45) is 0. The summed E-state index contributed by atoms with van der Waals surface area (Å²) in [6.45, 7) is 4.36. The lowest BCUT2D eigenvalue weighted by Gasteiger charge is -2.20. The van der Waals surface area contributed by atoms with Gasteiger partial charge in [-0.2, -0.15) is 0 Å². The van der Waals surface area contributed by atoms with E-state index < -0.39 is 6.04 Å². The van der Waals surface area contributed by atoms with Gasteiger partial charge in [-0.3, -0.25) is 14.9 Å². The molecule has 1 atom stereocenters. The van der Waals surface area contributed by atoms with Gasteiger partial charge in [0.1, 0.15) is 6.04 Å². The van der Waals surface area contributed by atoms with Gasteiger partial charge in [-0.25, -0.2) is 0 Å². The predicted octanol–water partition coefficient (Wildman–Crippen LogP) is 2.40. The van der Waals surface area contributed by atoms with Gasteiger partial charge in [-0.1, -0.05) is 42.5 Å². The average molecular weight is 339 g/mol. The van der Waals surface area contributed by atoms with Crippen molar-refractivity contribution < 1.29 is 9.59 Å². The third kappa shape index (κ3) is 5.43. The summed E-state index contributed by atoms with van der Waals surface area (Å²) in [7, 11) is 1.61. The van der Waals surface area contributed by atoms with E-state index in [1.165, 1.54) is 0 Å². The maximum absolute atomic E-state index is 12.6. The van der Waals surface area contributed by atoms with E-state index in [1.807, 2.05) is 62.4 Å². The number of carbonyl (C=O) groups is 2. The SMILES string of the molecule is CNC(=O)c1cccc(CN[C@H](C(=O)NC(C)C)c2ccccc2)c1. The van der Waals surface area contributed by atoms with Crippen molar-refractivity contribution in [3.8, 4) is 0 Å². The highest BCUT2D eigenvalue weighted by Crippen LogP contribution is 2.15. The minimum atomic E-state index is -0.452. The summed E-state index contributed by atoms with van der Waals surface area (Å²) >= 11 is 0. The van der Waals surface area contributed by atoms with E-state index in [-0.39, 0.29) is 17.9 Å². The Morgan fingerprint density at radius 2 is 1.72 bits per heavy atom. The second kappa shape index (κ2) is 8.99. The molecule has 3 N–H and O–H groups in total. The topological polar surface area (TPSA) is 70.2 Å². The molecule has 0 fully saturated rings. The molecule has 0 saturated heterocycles. The van der Waals surface area contributed by atoms with Crippen LogP contribution in [-0.2, 0) is 11.3 Å². The van der Waals surface area contributed by atoms with Crippen LogP contribution < -0.4 is 16.0 Å². The van der Waals surface area contributed by atoms with Crippen LogP contribution in [0.25, 0.3) is 0 Å². The second-order valence-electron chi connectivity index (χ2n) is 6.17. The van der Waals surface area contributed by atoms with E-state index in [4.69, 9.17) is 0 Å². The maximum atomic E-state index is 12.6. The summed E-state index contributed by atoms with van der Waals surface area (Å²) in [4.78, 5) is 24.3. The lowest BCUT2D eigenvalue weighted by molar-refractivity contribution is -0.123. The fraction of sp³-hybridized carbons (Fsp3) is 0.300. The normalized spacial score (nSPS) is 11.8. The van der Waals surface area contributed by atoms with E-state index in [9.17, 15) is 9.59 Å². The molecule has 2 aromatic carbocycles. The number of nitrogens with one attached hydrogen (secondary N) is 3. The Bertz CT molecular complexity index is 714. The van der Waals surface area contributed by atoms with Crippen molar-refractivity contribution in [3.05, 3.63) is 71.3 Å². The first kappa shape index (κ1) is 18.7. The van der Waals surface area contributed by atoms with E-state index in [1.54, 1.807) is 13.1 Å². The number of amides is 2. The van der Waals surface area contributed by atoms with Crippen molar-refractivity contribution in [1.29, 1.82) is 0 Å². The van der Waals surface area contributed by atoms with Crippen LogP contribution >= 0.6 is 0 Å². The van der Waals surface area contributed by atoms with E-state index in [0.29, 0.717) is 12.1 Å². The number of hydrogen-bond acceptors (Lipinski definition) is 3. The Labute approximate surface area is 148 Å². The van der Waals surface area contributed by atoms with Crippen molar-refractivity contribution in [2.45, 2.75) is 32.5 Å². The standard InChI is InChI=1S/C20H25N3O2/c1-14(2)23-20(25)18(16-9-5-4-6-10-16)22-13-15-8-7-11-17(12-15)19(24)21-3/h4-12,14,18,22H,13H2,1-3H3,(H,21,24)(H,23,25)/t18-/m0/s1. The van der Waals surface area contributed by atoms with Crippen molar-refractivity contribution in [2.24, 2.45) is 0 Å². The molecule has 5 nitrogen and oxygen atoms in total. The molecule has 5 heteroatoms. The quantitative estimate of drug-likeness (QED) is 0.725. The van der Waals surface area contributed by atoms with Crippen LogP contribution in [0, 0.1) is 0 Å². The van der Waals surface area contributed by atoms with Crippen LogP contribution in [0.15, 0.2) is 54.6 Å². The Kier molecular flexibility index (Phi) is 6.71. The molecule has 2 rings (SSSR count). The minimum absolute atomic E-state index is 0.0661. The number of benzene rings is 2. The Morgan fingerprint density at radius 1 is 1.00 bits per heavy atom. The van der Waals surface area contributed by atoms with Crippen LogP contribution in [0.5, 0.6) is 0 Å². The molecule has 25 heavy (non-hydrogen) atoms. The first-order valence-electron chi connectivity index (χ1n) is 8.41. The third-order valence-electron chi connectivity index (χ3n) is 3.75. The molecule has 0 aliphatic heterocycles. The summed E-state index contributed by atoms with van der Waals surface area (Å²) < 4.78 is 0. The highest BCUT2D eigenvalue weighted by atomic mass is 16.2. The van der Waals surface area contributed by atoms with Gasteiger partial charge >= 0.3 is 0 Å². The third-order valence-corrected chi connectivity index (χ3v) is 3.75. The predicted molar refractivity (Wildman–Crippen MR) is 99.1 cm³/mol. The number of hydrogen-bond donors (Lipinski definition) is 3. The molecule has 0 spiro atoms. The van der Waals surface area contributed by atoms with Crippen LogP contribution in [0.1, 0.15) is 41.4 Å². The van der Waals surface area contributed by atoms with Crippen LogP contribution in [0.3, 0.4) is 0 Å². The van der Waals surface area contributed by atoms with Gasteiger partial charge in [-0.15, -0.1) is 0 Å². The monoisotopic (exact) mass is 339 g/mol. The van der Waals surface area contributed by atoms with Gasteiger partial charge in [0.2, 0.25) is 5.91 Å². The van der Waals surface area contributed by atoms with E-state index in [0.717, 1.165) is 11.1 Å². The molecule has 2 amide bonds. The summed E-state index contributed by atoms with van der Waals surface area (Å²) in [5, 5.41) is 8.86. The van der Waals surface area contributed by atoms with Crippen LogP contribution in [-0.4, -0.2) is 24.9 Å². The zero-order valence-electron chi connectivity index (χ0n) is 14.9. The summed E-state index contributed by atoms with van der Waals surface area (Å²) in [5.41, 5.74) is 2.45.